The molecule has 2 rings (SSSR count). The van der Waals surface area contributed by atoms with Crippen LogP contribution in [0.25, 0.3) is 0 Å². The number of hydrogen-bond donors (Lipinski definition) is 1. The lowest BCUT2D eigenvalue weighted by Gasteiger charge is -2.53. The highest BCUT2D eigenvalue weighted by Gasteiger charge is 2.67. The van der Waals surface area contributed by atoms with Crippen molar-refractivity contribution in [3.63, 3.8) is 0 Å². The van der Waals surface area contributed by atoms with Gasteiger partial charge in [0.15, 0.2) is 0 Å². The summed E-state index contributed by atoms with van der Waals surface area (Å²) in [6, 6.07) is 0. The predicted molar refractivity (Wildman–Crippen MR) is 127 cm³/mol. The van der Waals surface area contributed by atoms with Crippen LogP contribution < -0.4 is 0 Å². The average molecular weight is 459 g/mol. The first-order valence-corrected chi connectivity index (χ1v) is 13.3. The third-order valence-corrected chi connectivity index (χ3v) is 6.91. The quantitative estimate of drug-likeness (QED) is 0.283. The van der Waals surface area contributed by atoms with Crippen LogP contribution in [-0.4, -0.2) is 68.3 Å². The molecule has 2 fully saturated rings. The van der Waals surface area contributed by atoms with Gasteiger partial charge in [-0.15, -0.1) is 0 Å². The molecule has 1 N–H and O–H groups in total. The molecule has 0 bridgehead atoms. The molecule has 0 unspecified atom stereocenters. The molecule has 0 aromatic carbocycles. The minimum Gasteiger partial charge on any atom is -0.379 e. The number of unbranched alkanes of at least 4 members (excludes halogenated alkanes) is 4. The second kappa shape index (κ2) is 14.2. The molecular formula is C26H50O6. The molecule has 1 saturated carbocycles. The third kappa shape index (κ3) is 7.38. The van der Waals surface area contributed by atoms with Gasteiger partial charge in [0.25, 0.3) is 0 Å². The van der Waals surface area contributed by atoms with E-state index >= 15 is 0 Å². The van der Waals surface area contributed by atoms with Crippen molar-refractivity contribution in [3.05, 3.63) is 0 Å². The Labute approximate surface area is 196 Å². The Morgan fingerprint density at radius 1 is 0.750 bits per heavy atom. The molecule has 0 aromatic rings. The summed E-state index contributed by atoms with van der Waals surface area (Å²) in [5.74, 6) is -1.40. The van der Waals surface area contributed by atoms with E-state index in [-0.39, 0.29) is 23.7 Å². The van der Waals surface area contributed by atoms with Crippen molar-refractivity contribution in [1.82, 2.24) is 0 Å². The minimum atomic E-state index is -1.40. The maximum absolute atomic E-state index is 12.0. The lowest BCUT2D eigenvalue weighted by atomic mass is 9.83. The normalized spacial score (nSPS) is 31.7. The summed E-state index contributed by atoms with van der Waals surface area (Å²) >= 11 is 0. The summed E-state index contributed by atoms with van der Waals surface area (Å²) in [4.78, 5) is 0. The summed E-state index contributed by atoms with van der Waals surface area (Å²) in [5, 5.41) is 12.0. The molecule has 1 heterocycles. The van der Waals surface area contributed by atoms with Crippen molar-refractivity contribution in [2.75, 3.05) is 33.0 Å². The van der Waals surface area contributed by atoms with Crippen LogP contribution in [0.1, 0.15) is 98.8 Å². The lowest BCUT2D eigenvalue weighted by Crippen LogP contribution is -2.70. The largest absolute Gasteiger partial charge is 0.379 e. The highest BCUT2D eigenvalue weighted by atomic mass is 16.7. The van der Waals surface area contributed by atoms with Gasteiger partial charge < -0.3 is 28.8 Å². The first-order valence-electron chi connectivity index (χ1n) is 13.3. The van der Waals surface area contributed by atoms with Gasteiger partial charge in [0.1, 0.15) is 24.4 Å². The van der Waals surface area contributed by atoms with Crippen LogP contribution in [0.15, 0.2) is 0 Å². The average Bonchev–Trinajstić information content (AvgIpc) is 3.54. The van der Waals surface area contributed by atoms with Crippen LogP contribution in [-0.2, 0) is 23.7 Å². The molecule has 1 aliphatic carbocycles. The zero-order valence-electron chi connectivity index (χ0n) is 21.4. The molecule has 190 valence electrons. The smallest absolute Gasteiger partial charge is 0.200 e. The Hall–Kier alpha value is -0.240. The number of rotatable bonds is 18. The maximum Gasteiger partial charge on any atom is 0.200 e. The van der Waals surface area contributed by atoms with Crippen molar-refractivity contribution >= 4 is 0 Å². The van der Waals surface area contributed by atoms with E-state index in [2.05, 4.69) is 34.6 Å². The number of aliphatic hydroxyl groups is 1. The van der Waals surface area contributed by atoms with Crippen LogP contribution in [0, 0.1) is 5.41 Å². The van der Waals surface area contributed by atoms with Gasteiger partial charge >= 0.3 is 0 Å². The summed E-state index contributed by atoms with van der Waals surface area (Å²) in [6.45, 7) is 13.6. The minimum absolute atomic E-state index is 0.325. The number of hydrogen-bond acceptors (Lipinski definition) is 6. The van der Waals surface area contributed by atoms with E-state index in [1.807, 2.05) is 0 Å². The van der Waals surface area contributed by atoms with Gasteiger partial charge in [-0.25, -0.2) is 0 Å². The molecule has 6 nitrogen and oxygen atoms in total. The Kier molecular flexibility index (Phi) is 12.4. The van der Waals surface area contributed by atoms with E-state index in [0.717, 1.165) is 64.2 Å². The van der Waals surface area contributed by atoms with Crippen LogP contribution in [0.5, 0.6) is 0 Å². The van der Waals surface area contributed by atoms with Gasteiger partial charge in [-0.3, -0.25) is 0 Å². The predicted octanol–water partition coefficient (Wildman–Crippen LogP) is 5.25. The highest BCUT2D eigenvalue weighted by Crippen LogP contribution is 2.58. The summed E-state index contributed by atoms with van der Waals surface area (Å²) in [7, 11) is 0. The van der Waals surface area contributed by atoms with Gasteiger partial charge in [-0.05, 0) is 38.5 Å². The van der Waals surface area contributed by atoms with E-state index in [9.17, 15) is 5.11 Å². The zero-order chi connectivity index (χ0) is 23.5. The van der Waals surface area contributed by atoms with Crippen LogP contribution in [0.4, 0.5) is 0 Å². The lowest BCUT2D eigenvalue weighted by molar-refractivity contribution is -0.387. The van der Waals surface area contributed by atoms with Crippen molar-refractivity contribution < 1.29 is 28.8 Å². The molecule has 6 heteroatoms. The standard InChI is InChI=1S/C26H50O6/c1-6-10-16-28-20-21-22(29-17-11-7-2)23(30-18-12-8-3)24(31-19-13-9-4)26(27,32-21)25(5)14-15-25/h21-24,27H,6-20H2,1-5H3/t21-,22+,23+,24-,26-/m1/s1. The van der Waals surface area contributed by atoms with Crippen LogP contribution >= 0.6 is 0 Å². The summed E-state index contributed by atoms with van der Waals surface area (Å²) in [5.41, 5.74) is -0.327. The van der Waals surface area contributed by atoms with E-state index in [4.69, 9.17) is 23.7 Å². The highest BCUT2D eigenvalue weighted by molar-refractivity contribution is 5.11. The summed E-state index contributed by atoms with van der Waals surface area (Å²) < 4.78 is 31.7. The molecule has 0 radical (unpaired) electrons. The second-order valence-electron chi connectivity index (χ2n) is 9.86. The van der Waals surface area contributed by atoms with Crippen molar-refractivity contribution in [2.24, 2.45) is 5.41 Å². The molecule has 1 saturated heterocycles. The first-order chi connectivity index (χ1) is 15.5. The van der Waals surface area contributed by atoms with Crippen LogP contribution in [0.2, 0.25) is 0 Å². The Bertz CT molecular complexity index is 497. The van der Waals surface area contributed by atoms with Gasteiger partial charge in [-0.2, -0.15) is 0 Å². The van der Waals surface area contributed by atoms with Crippen molar-refractivity contribution in [2.45, 2.75) is 129 Å². The Morgan fingerprint density at radius 2 is 1.25 bits per heavy atom. The number of ether oxygens (including phenoxy) is 5. The monoisotopic (exact) mass is 458 g/mol. The van der Waals surface area contributed by atoms with Crippen LogP contribution in [0.3, 0.4) is 0 Å². The molecule has 2 aliphatic rings. The fraction of sp³-hybridized carbons (Fsp3) is 1.00. The van der Waals surface area contributed by atoms with Gasteiger partial charge in [0.2, 0.25) is 5.79 Å². The van der Waals surface area contributed by atoms with Gasteiger partial charge in [-0.1, -0.05) is 60.3 Å². The van der Waals surface area contributed by atoms with Crippen molar-refractivity contribution in [1.29, 1.82) is 0 Å². The molecule has 0 amide bonds. The third-order valence-electron chi connectivity index (χ3n) is 6.91. The van der Waals surface area contributed by atoms with Gasteiger partial charge in [0.05, 0.1) is 6.61 Å². The fourth-order valence-electron chi connectivity index (χ4n) is 4.25. The molecular weight excluding hydrogens is 408 g/mol. The van der Waals surface area contributed by atoms with E-state index in [1.165, 1.54) is 0 Å². The SMILES string of the molecule is CCCCOC[C@H]1O[C@@](O)(C2(C)CC2)[C@H](OCCCC)[C@@H](OCCCC)[C@H]1OCCCC. The molecule has 0 spiro atoms. The Balaban J connectivity index is 2.29. The van der Waals surface area contributed by atoms with E-state index in [1.54, 1.807) is 0 Å². The topological polar surface area (TPSA) is 66.4 Å². The molecule has 0 aromatic heterocycles. The van der Waals surface area contributed by atoms with E-state index in [0.29, 0.717) is 33.0 Å². The second-order valence-corrected chi connectivity index (χ2v) is 9.86. The summed E-state index contributed by atoms with van der Waals surface area (Å²) in [6.07, 6.45) is 8.30. The Morgan fingerprint density at radius 3 is 1.78 bits per heavy atom. The van der Waals surface area contributed by atoms with Crippen molar-refractivity contribution in [3.8, 4) is 0 Å². The first kappa shape index (κ1) is 28.0. The molecule has 32 heavy (non-hydrogen) atoms. The molecule has 5 atom stereocenters. The zero-order valence-corrected chi connectivity index (χ0v) is 21.4. The van der Waals surface area contributed by atoms with Gasteiger partial charge in [0, 0.05) is 31.8 Å². The fourth-order valence-corrected chi connectivity index (χ4v) is 4.25. The van der Waals surface area contributed by atoms with E-state index < -0.39 is 11.9 Å². The maximum atomic E-state index is 12.0. The molecule has 1 aliphatic heterocycles.